The number of anilines is 1. The van der Waals surface area contributed by atoms with E-state index in [1.165, 1.54) is 12.0 Å². The van der Waals surface area contributed by atoms with Crippen molar-refractivity contribution in [2.24, 2.45) is 0 Å². The van der Waals surface area contributed by atoms with Gasteiger partial charge in [0.25, 0.3) is 5.91 Å². The maximum absolute atomic E-state index is 12.3. The predicted octanol–water partition coefficient (Wildman–Crippen LogP) is 2.69. The molecule has 2 rings (SSSR count). The van der Waals surface area contributed by atoms with Crippen LogP contribution in [0.25, 0.3) is 0 Å². The molecule has 1 aliphatic rings. The highest BCUT2D eigenvalue weighted by atomic mass is 35.5. The summed E-state index contributed by atoms with van der Waals surface area (Å²) in [7, 11) is 1.54. The van der Waals surface area contributed by atoms with Crippen LogP contribution in [0.5, 0.6) is 5.75 Å². The number of hydrogen-bond acceptors (Lipinski definition) is 4. The van der Waals surface area contributed by atoms with Gasteiger partial charge in [-0.25, -0.2) is 0 Å². The number of likely N-dealkylation sites (tertiary alicyclic amines) is 1. The zero-order valence-electron chi connectivity index (χ0n) is 12.4. The molecule has 2 amide bonds. The number of hydrogen-bond donors (Lipinski definition) is 1. The fraction of sp³-hybridized carbons (Fsp3) is 0.467. The van der Waals surface area contributed by atoms with Crippen LogP contribution in [-0.4, -0.2) is 35.9 Å². The minimum atomic E-state index is -0.532. The highest BCUT2D eigenvalue weighted by molar-refractivity contribution is 6.32. The standard InChI is InChI=1S/C15H19ClN2O3/c1-4-9(2)18-14(19)8-12(15(18)20)17-10-5-6-13(21-3)11(16)7-10/h5-7,9,12,17H,4,8H2,1-3H3. The van der Waals surface area contributed by atoms with Crippen LogP contribution in [0.1, 0.15) is 26.7 Å². The highest BCUT2D eigenvalue weighted by Gasteiger charge is 2.40. The molecular weight excluding hydrogens is 292 g/mol. The maximum atomic E-state index is 12.3. The largest absolute Gasteiger partial charge is 0.495 e. The zero-order valence-corrected chi connectivity index (χ0v) is 13.1. The normalized spacial score (nSPS) is 19.8. The van der Waals surface area contributed by atoms with Crippen molar-refractivity contribution in [3.63, 3.8) is 0 Å². The monoisotopic (exact) mass is 310 g/mol. The highest BCUT2D eigenvalue weighted by Crippen LogP contribution is 2.29. The molecule has 0 saturated carbocycles. The molecule has 0 bridgehead atoms. The van der Waals surface area contributed by atoms with E-state index in [0.717, 1.165) is 6.42 Å². The zero-order chi connectivity index (χ0) is 15.6. The second-order valence-electron chi connectivity index (χ2n) is 5.11. The first-order valence-electron chi connectivity index (χ1n) is 6.93. The van der Waals surface area contributed by atoms with E-state index in [-0.39, 0.29) is 24.3 Å². The molecule has 1 aromatic carbocycles. The number of amides is 2. The van der Waals surface area contributed by atoms with Gasteiger partial charge < -0.3 is 10.1 Å². The molecular formula is C15H19ClN2O3. The molecule has 0 radical (unpaired) electrons. The lowest BCUT2D eigenvalue weighted by Crippen LogP contribution is -2.40. The van der Waals surface area contributed by atoms with E-state index in [4.69, 9.17) is 16.3 Å². The van der Waals surface area contributed by atoms with E-state index < -0.39 is 6.04 Å². The van der Waals surface area contributed by atoms with Crippen molar-refractivity contribution < 1.29 is 14.3 Å². The second kappa shape index (κ2) is 6.35. The first-order valence-corrected chi connectivity index (χ1v) is 7.31. The molecule has 0 aliphatic carbocycles. The van der Waals surface area contributed by atoms with Crippen molar-refractivity contribution in [3.8, 4) is 5.75 Å². The number of ether oxygens (including phenoxy) is 1. The summed E-state index contributed by atoms with van der Waals surface area (Å²) in [6.07, 6.45) is 0.922. The predicted molar refractivity (Wildman–Crippen MR) is 81.6 cm³/mol. The quantitative estimate of drug-likeness (QED) is 0.850. The van der Waals surface area contributed by atoms with Gasteiger partial charge >= 0.3 is 0 Å². The lowest BCUT2D eigenvalue weighted by atomic mass is 10.2. The van der Waals surface area contributed by atoms with Gasteiger partial charge in [0.15, 0.2) is 0 Å². The molecule has 0 spiro atoms. The van der Waals surface area contributed by atoms with Gasteiger partial charge in [0.05, 0.1) is 18.6 Å². The molecule has 0 aromatic heterocycles. The Labute approximate surface area is 129 Å². The van der Waals surface area contributed by atoms with Crippen LogP contribution in [0.2, 0.25) is 5.02 Å². The van der Waals surface area contributed by atoms with Gasteiger partial charge in [-0.15, -0.1) is 0 Å². The lowest BCUT2D eigenvalue weighted by molar-refractivity contribution is -0.140. The van der Waals surface area contributed by atoms with Crippen LogP contribution in [-0.2, 0) is 9.59 Å². The fourth-order valence-corrected chi connectivity index (χ4v) is 2.62. The number of imide groups is 1. The Hall–Kier alpha value is -1.75. The third-order valence-electron chi connectivity index (χ3n) is 3.71. The molecule has 1 aliphatic heterocycles. The molecule has 114 valence electrons. The van der Waals surface area contributed by atoms with Gasteiger partial charge in [-0.05, 0) is 31.5 Å². The molecule has 1 saturated heterocycles. The summed E-state index contributed by atoms with van der Waals surface area (Å²) in [6.45, 7) is 3.83. The van der Waals surface area contributed by atoms with Gasteiger partial charge in [0.1, 0.15) is 11.8 Å². The molecule has 2 atom stereocenters. The summed E-state index contributed by atoms with van der Waals surface area (Å²) in [5, 5.41) is 3.53. The number of carbonyl (C=O) groups is 2. The topological polar surface area (TPSA) is 58.6 Å². The summed E-state index contributed by atoms with van der Waals surface area (Å²) in [5.74, 6) is 0.255. The molecule has 2 unspecified atom stereocenters. The third-order valence-corrected chi connectivity index (χ3v) is 4.00. The number of carbonyl (C=O) groups excluding carboxylic acids is 2. The van der Waals surface area contributed by atoms with E-state index >= 15 is 0 Å². The number of rotatable bonds is 5. The van der Waals surface area contributed by atoms with Crippen LogP contribution in [0.3, 0.4) is 0 Å². The Bertz CT molecular complexity index is 562. The molecule has 21 heavy (non-hydrogen) atoms. The van der Waals surface area contributed by atoms with Crippen molar-refractivity contribution in [2.45, 2.75) is 38.8 Å². The second-order valence-corrected chi connectivity index (χ2v) is 5.52. The third kappa shape index (κ3) is 3.13. The van der Waals surface area contributed by atoms with E-state index in [2.05, 4.69) is 5.32 Å². The molecule has 1 heterocycles. The van der Waals surface area contributed by atoms with Crippen LogP contribution in [0.15, 0.2) is 18.2 Å². The molecule has 1 fully saturated rings. The summed E-state index contributed by atoms with van der Waals surface area (Å²) in [6, 6.07) is 4.57. The summed E-state index contributed by atoms with van der Waals surface area (Å²) in [4.78, 5) is 25.6. The number of nitrogens with one attached hydrogen (secondary N) is 1. The number of nitrogens with zero attached hydrogens (tertiary/aromatic N) is 1. The Morgan fingerprint density at radius 3 is 2.76 bits per heavy atom. The lowest BCUT2D eigenvalue weighted by Gasteiger charge is -2.22. The molecule has 1 aromatic rings. The minimum Gasteiger partial charge on any atom is -0.495 e. The van der Waals surface area contributed by atoms with Crippen molar-refractivity contribution in [1.82, 2.24) is 4.90 Å². The Balaban J connectivity index is 2.12. The van der Waals surface area contributed by atoms with Gasteiger partial charge in [-0.1, -0.05) is 18.5 Å². The van der Waals surface area contributed by atoms with Crippen molar-refractivity contribution in [1.29, 1.82) is 0 Å². The Morgan fingerprint density at radius 2 is 2.19 bits per heavy atom. The fourth-order valence-electron chi connectivity index (χ4n) is 2.37. The Morgan fingerprint density at radius 1 is 1.48 bits per heavy atom. The van der Waals surface area contributed by atoms with Gasteiger partial charge in [-0.2, -0.15) is 0 Å². The number of halogens is 1. The van der Waals surface area contributed by atoms with E-state index in [9.17, 15) is 9.59 Å². The summed E-state index contributed by atoms with van der Waals surface area (Å²) < 4.78 is 5.08. The maximum Gasteiger partial charge on any atom is 0.252 e. The van der Waals surface area contributed by atoms with E-state index in [1.807, 2.05) is 13.8 Å². The van der Waals surface area contributed by atoms with Crippen molar-refractivity contribution in [2.75, 3.05) is 12.4 Å². The summed E-state index contributed by atoms with van der Waals surface area (Å²) >= 11 is 6.05. The van der Waals surface area contributed by atoms with Crippen LogP contribution in [0, 0.1) is 0 Å². The van der Waals surface area contributed by atoms with E-state index in [0.29, 0.717) is 16.5 Å². The smallest absolute Gasteiger partial charge is 0.252 e. The molecule has 1 N–H and O–H groups in total. The van der Waals surface area contributed by atoms with Crippen LogP contribution < -0.4 is 10.1 Å². The molecule has 6 heteroatoms. The van der Waals surface area contributed by atoms with Gasteiger partial charge in [0, 0.05) is 11.7 Å². The van der Waals surface area contributed by atoms with Crippen molar-refractivity contribution in [3.05, 3.63) is 23.2 Å². The minimum absolute atomic E-state index is 0.0729. The van der Waals surface area contributed by atoms with E-state index in [1.54, 1.807) is 18.2 Å². The molecule has 5 nitrogen and oxygen atoms in total. The first-order chi connectivity index (χ1) is 9.97. The summed E-state index contributed by atoms with van der Waals surface area (Å²) in [5.41, 5.74) is 0.693. The SMILES string of the molecule is CCC(C)N1C(=O)CC(Nc2ccc(OC)c(Cl)c2)C1=O. The van der Waals surface area contributed by atoms with Crippen molar-refractivity contribution >= 4 is 29.1 Å². The average Bonchev–Trinajstić information content (AvgIpc) is 2.73. The van der Waals surface area contributed by atoms with Gasteiger partial charge in [0.2, 0.25) is 5.91 Å². The first kappa shape index (κ1) is 15.6. The van der Waals surface area contributed by atoms with Crippen LogP contribution in [0.4, 0.5) is 5.69 Å². The Kier molecular flexibility index (Phi) is 4.73. The number of methoxy groups -OCH3 is 1. The van der Waals surface area contributed by atoms with Crippen LogP contribution >= 0.6 is 11.6 Å². The number of benzene rings is 1. The average molecular weight is 311 g/mol. The van der Waals surface area contributed by atoms with Gasteiger partial charge in [-0.3, -0.25) is 14.5 Å².